The van der Waals surface area contributed by atoms with Gasteiger partial charge in [-0.1, -0.05) is 39.7 Å². The lowest BCUT2D eigenvalue weighted by Gasteiger charge is -2.17. The highest BCUT2D eigenvalue weighted by Gasteiger charge is 2.16. The van der Waals surface area contributed by atoms with Gasteiger partial charge >= 0.3 is 5.97 Å². The minimum Gasteiger partial charge on any atom is -0.456 e. The Balaban J connectivity index is 2.75. The van der Waals surface area contributed by atoms with Crippen LogP contribution in [0, 0.1) is 0 Å². The summed E-state index contributed by atoms with van der Waals surface area (Å²) in [6, 6.07) is 6.04. The van der Waals surface area contributed by atoms with Crippen molar-refractivity contribution in [1.29, 1.82) is 0 Å². The maximum atomic E-state index is 12.4. The first kappa shape index (κ1) is 18.7. The Morgan fingerprint density at radius 1 is 1.05 bits per heavy atom. The molecule has 1 rings (SSSR count). The number of unbranched alkanes of at least 4 members (excludes halogenated alkanes) is 2. The van der Waals surface area contributed by atoms with Gasteiger partial charge in [-0.05, 0) is 48.9 Å². The first-order chi connectivity index (χ1) is 10.6. The zero-order valence-electron chi connectivity index (χ0n) is 14.5. The van der Waals surface area contributed by atoms with Crippen molar-refractivity contribution in [2.24, 2.45) is 0 Å². The Morgan fingerprint density at radius 3 is 2.18 bits per heavy atom. The molecule has 0 fully saturated rings. The molecule has 0 bridgehead atoms. The lowest BCUT2D eigenvalue weighted by Crippen LogP contribution is -2.23. The fourth-order valence-electron chi connectivity index (χ4n) is 2.49. The molecule has 0 amide bonds. The normalized spacial score (nSPS) is 12.2. The topological polar surface area (TPSA) is 35.5 Å². The second kappa shape index (κ2) is 10.4. The van der Waals surface area contributed by atoms with Crippen molar-refractivity contribution in [2.75, 3.05) is 13.7 Å². The predicted octanol–water partition coefficient (Wildman–Crippen LogP) is 4.56. The molecule has 0 radical (unpaired) electrons. The smallest absolute Gasteiger partial charge is 0.338 e. The average Bonchev–Trinajstić information content (AvgIpc) is 2.54. The molecule has 0 spiro atoms. The second-order valence-electron chi connectivity index (χ2n) is 5.72. The van der Waals surface area contributed by atoms with Gasteiger partial charge in [-0.2, -0.15) is 0 Å². The second-order valence-corrected chi connectivity index (χ2v) is 5.72. The molecule has 1 aromatic carbocycles. The van der Waals surface area contributed by atoms with Gasteiger partial charge in [0.2, 0.25) is 0 Å². The first-order valence-electron chi connectivity index (χ1n) is 8.47. The summed E-state index contributed by atoms with van der Waals surface area (Å²) in [6.07, 6.45) is 5.93. The summed E-state index contributed by atoms with van der Waals surface area (Å²) in [5.41, 5.74) is 3.02. The number of rotatable bonds is 10. The summed E-state index contributed by atoms with van der Waals surface area (Å²) in [7, 11) is 1.65. The molecule has 3 heteroatoms. The van der Waals surface area contributed by atoms with Gasteiger partial charge in [0.1, 0.15) is 6.10 Å². The van der Waals surface area contributed by atoms with Gasteiger partial charge in [0, 0.05) is 7.11 Å². The van der Waals surface area contributed by atoms with Gasteiger partial charge in [0.25, 0.3) is 0 Å². The van der Waals surface area contributed by atoms with Crippen molar-refractivity contribution in [3.8, 4) is 0 Å². The van der Waals surface area contributed by atoms with E-state index in [2.05, 4.69) is 26.8 Å². The summed E-state index contributed by atoms with van der Waals surface area (Å²) in [5, 5.41) is 0. The van der Waals surface area contributed by atoms with Crippen molar-refractivity contribution in [3.05, 3.63) is 34.9 Å². The van der Waals surface area contributed by atoms with E-state index in [4.69, 9.17) is 9.47 Å². The van der Waals surface area contributed by atoms with Crippen LogP contribution >= 0.6 is 0 Å². The van der Waals surface area contributed by atoms with E-state index >= 15 is 0 Å². The quantitative estimate of drug-likeness (QED) is 0.469. The van der Waals surface area contributed by atoms with E-state index in [0.29, 0.717) is 12.2 Å². The van der Waals surface area contributed by atoms with E-state index < -0.39 is 0 Å². The number of methoxy groups -OCH3 is 1. The molecule has 0 saturated heterocycles. The minimum absolute atomic E-state index is 0.153. The molecule has 0 aromatic heterocycles. The maximum absolute atomic E-state index is 12.4. The van der Waals surface area contributed by atoms with Crippen LogP contribution in [-0.2, 0) is 22.3 Å². The van der Waals surface area contributed by atoms with Gasteiger partial charge in [0.05, 0.1) is 12.2 Å². The van der Waals surface area contributed by atoms with Gasteiger partial charge in [-0.25, -0.2) is 4.79 Å². The predicted molar refractivity (Wildman–Crippen MR) is 90.4 cm³/mol. The first-order valence-corrected chi connectivity index (χ1v) is 8.47. The molecule has 1 atom stereocenters. The van der Waals surface area contributed by atoms with E-state index in [1.807, 2.05) is 12.1 Å². The molecule has 1 aromatic rings. The summed E-state index contributed by atoms with van der Waals surface area (Å²) in [5.74, 6) is -0.233. The number of hydrogen-bond donors (Lipinski definition) is 0. The van der Waals surface area contributed by atoms with E-state index in [9.17, 15) is 4.79 Å². The highest BCUT2D eigenvalue weighted by molar-refractivity contribution is 5.90. The third kappa shape index (κ3) is 6.18. The molecule has 22 heavy (non-hydrogen) atoms. The molecule has 1 unspecified atom stereocenters. The molecule has 0 N–H and O–H groups in total. The van der Waals surface area contributed by atoms with Crippen LogP contribution in [0.4, 0.5) is 0 Å². The Labute approximate surface area is 135 Å². The number of esters is 1. The number of hydrogen-bond acceptors (Lipinski definition) is 3. The van der Waals surface area contributed by atoms with E-state index in [-0.39, 0.29) is 12.1 Å². The Hall–Kier alpha value is -1.35. The monoisotopic (exact) mass is 306 g/mol. The van der Waals surface area contributed by atoms with E-state index in [1.165, 1.54) is 11.1 Å². The van der Waals surface area contributed by atoms with Crippen LogP contribution in [0.15, 0.2) is 18.2 Å². The van der Waals surface area contributed by atoms with Crippen molar-refractivity contribution < 1.29 is 14.3 Å². The van der Waals surface area contributed by atoms with Gasteiger partial charge < -0.3 is 9.47 Å². The Kier molecular flexibility index (Phi) is 8.83. The van der Waals surface area contributed by atoms with Crippen LogP contribution in [-0.4, -0.2) is 25.8 Å². The number of aryl methyl sites for hydroxylation is 2. The molecular weight excluding hydrogens is 276 g/mol. The minimum atomic E-state index is -0.233. The van der Waals surface area contributed by atoms with Crippen molar-refractivity contribution in [3.63, 3.8) is 0 Å². The number of benzene rings is 1. The van der Waals surface area contributed by atoms with Gasteiger partial charge in [-0.15, -0.1) is 0 Å². The highest BCUT2D eigenvalue weighted by Crippen LogP contribution is 2.15. The lowest BCUT2D eigenvalue weighted by atomic mass is 10.0. The fourth-order valence-corrected chi connectivity index (χ4v) is 2.49. The SMILES string of the molecule is CCCCCC(COC)OC(=O)c1cc(CC)cc(CC)c1. The molecule has 0 aliphatic heterocycles. The number of carbonyl (C=O) groups is 1. The summed E-state index contributed by atoms with van der Waals surface area (Å²) in [4.78, 5) is 12.4. The largest absolute Gasteiger partial charge is 0.456 e. The summed E-state index contributed by atoms with van der Waals surface area (Å²) < 4.78 is 10.8. The van der Waals surface area contributed by atoms with E-state index in [1.54, 1.807) is 7.11 Å². The average molecular weight is 306 g/mol. The maximum Gasteiger partial charge on any atom is 0.338 e. The van der Waals surface area contributed by atoms with Crippen LogP contribution in [0.5, 0.6) is 0 Å². The van der Waals surface area contributed by atoms with Gasteiger partial charge in [-0.3, -0.25) is 0 Å². The molecule has 0 aliphatic rings. The fraction of sp³-hybridized carbons (Fsp3) is 0.632. The number of carbonyl (C=O) groups excluding carboxylic acids is 1. The van der Waals surface area contributed by atoms with Crippen molar-refractivity contribution >= 4 is 5.97 Å². The van der Waals surface area contributed by atoms with Crippen LogP contribution in [0.1, 0.15) is 67.9 Å². The van der Waals surface area contributed by atoms with Crippen LogP contribution in [0.2, 0.25) is 0 Å². The standard InChI is InChI=1S/C19H30O3/c1-5-8-9-10-18(14-21-4)22-19(20)17-12-15(6-2)11-16(7-3)13-17/h11-13,18H,5-10,14H2,1-4H3. The highest BCUT2D eigenvalue weighted by atomic mass is 16.6. The molecular formula is C19H30O3. The third-order valence-corrected chi connectivity index (χ3v) is 3.86. The lowest BCUT2D eigenvalue weighted by molar-refractivity contribution is 0.00239. The molecule has 3 nitrogen and oxygen atoms in total. The number of ether oxygens (including phenoxy) is 2. The summed E-state index contributed by atoms with van der Waals surface area (Å²) >= 11 is 0. The van der Waals surface area contributed by atoms with E-state index in [0.717, 1.165) is 38.5 Å². The van der Waals surface area contributed by atoms with Crippen molar-refractivity contribution in [2.45, 2.75) is 65.4 Å². The third-order valence-electron chi connectivity index (χ3n) is 3.86. The van der Waals surface area contributed by atoms with Crippen molar-refractivity contribution in [1.82, 2.24) is 0 Å². The molecule has 0 saturated carbocycles. The van der Waals surface area contributed by atoms with Crippen LogP contribution in [0.25, 0.3) is 0 Å². The zero-order chi connectivity index (χ0) is 16.4. The molecule has 124 valence electrons. The molecule has 0 heterocycles. The Bertz CT molecular complexity index is 432. The molecule has 0 aliphatic carbocycles. The van der Waals surface area contributed by atoms with Crippen LogP contribution in [0.3, 0.4) is 0 Å². The van der Waals surface area contributed by atoms with Crippen LogP contribution < -0.4 is 0 Å². The van der Waals surface area contributed by atoms with Gasteiger partial charge in [0.15, 0.2) is 0 Å². The zero-order valence-corrected chi connectivity index (χ0v) is 14.5. The summed E-state index contributed by atoms with van der Waals surface area (Å²) in [6.45, 7) is 6.83. The Morgan fingerprint density at radius 2 is 1.68 bits per heavy atom.